The number of hydrogen-bond donors (Lipinski definition) is 2. The average Bonchev–Trinajstić information content (AvgIpc) is 2.47. The van der Waals surface area contributed by atoms with Gasteiger partial charge in [-0.2, -0.15) is 0 Å². The first kappa shape index (κ1) is 15.1. The zero-order valence-corrected chi connectivity index (χ0v) is 13.2. The number of rotatable bonds is 6. The molecule has 1 amide bonds. The van der Waals surface area contributed by atoms with Crippen molar-refractivity contribution in [3.63, 3.8) is 0 Å². The van der Waals surface area contributed by atoms with Gasteiger partial charge in [0.25, 0.3) is 0 Å². The van der Waals surface area contributed by atoms with Crippen LogP contribution in [-0.4, -0.2) is 19.0 Å². The molecule has 2 N–H and O–H groups in total. The first-order chi connectivity index (χ1) is 9.75. The highest BCUT2D eigenvalue weighted by Crippen LogP contribution is 2.21. The van der Waals surface area contributed by atoms with Gasteiger partial charge in [0.05, 0.1) is 6.54 Å². The lowest BCUT2D eigenvalue weighted by Crippen LogP contribution is -2.30. The number of halogens is 1. The number of allylic oxidation sites excluding steroid dienone is 1. The van der Waals surface area contributed by atoms with E-state index in [-0.39, 0.29) is 5.91 Å². The molecule has 0 bridgehead atoms. The van der Waals surface area contributed by atoms with Crippen LogP contribution in [0.25, 0.3) is 0 Å². The summed E-state index contributed by atoms with van der Waals surface area (Å²) in [5.74, 6) is 0.0390. The maximum Gasteiger partial charge on any atom is 0.239 e. The van der Waals surface area contributed by atoms with Crippen LogP contribution in [0.2, 0.25) is 0 Å². The number of anilines is 1. The smallest absolute Gasteiger partial charge is 0.239 e. The minimum Gasteiger partial charge on any atom is -0.375 e. The molecule has 20 heavy (non-hydrogen) atoms. The normalized spacial score (nSPS) is 14.6. The molecule has 1 aromatic carbocycles. The van der Waals surface area contributed by atoms with E-state index >= 15 is 0 Å². The lowest BCUT2D eigenvalue weighted by molar-refractivity contribution is -0.119. The van der Waals surface area contributed by atoms with Crippen molar-refractivity contribution in [3.8, 4) is 0 Å². The molecule has 0 heterocycles. The summed E-state index contributed by atoms with van der Waals surface area (Å²) in [7, 11) is 0. The van der Waals surface area contributed by atoms with Crippen LogP contribution in [0, 0.1) is 0 Å². The molecule has 2 rings (SSSR count). The van der Waals surface area contributed by atoms with Gasteiger partial charge in [0.2, 0.25) is 5.91 Å². The molecular formula is C16H21BrN2O. The molecular weight excluding hydrogens is 316 g/mol. The highest BCUT2D eigenvalue weighted by atomic mass is 79.9. The first-order valence-corrected chi connectivity index (χ1v) is 7.98. The van der Waals surface area contributed by atoms with E-state index in [1.807, 2.05) is 24.3 Å². The van der Waals surface area contributed by atoms with E-state index in [1.54, 1.807) is 0 Å². The van der Waals surface area contributed by atoms with E-state index in [1.165, 1.54) is 31.3 Å². The maximum absolute atomic E-state index is 11.8. The van der Waals surface area contributed by atoms with Gasteiger partial charge >= 0.3 is 0 Å². The van der Waals surface area contributed by atoms with Gasteiger partial charge in [0, 0.05) is 16.7 Å². The van der Waals surface area contributed by atoms with Gasteiger partial charge in [-0.25, -0.2) is 0 Å². The fourth-order valence-electron chi connectivity index (χ4n) is 2.34. The second-order valence-electron chi connectivity index (χ2n) is 5.04. The van der Waals surface area contributed by atoms with Crippen molar-refractivity contribution >= 4 is 27.5 Å². The van der Waals surface area contributed by atoms with Gasteiger partial charge in [-0.05, 0) is 60.2 Å². The Morgan fingerprint density at radius 2 is 2.10 bits per heavy atom. The van der Waals surface area contributed by atoms with E-state index in [2.05, 4.69) is 32.6 Å². The number of amides is 1. The summed E-state index contributed by atoms with van der Waals surface area (Å²) >= 11 is 3.45. The molecule has 0 aromatic heterocycles. The minimum absolute atomic E-state index is 0.0390. The maximum atomic E-state index is 11.8. The summed E-state index contributed by atoms with van der Waals surface area (Å²) < 4.78 is 0.972. The van der Waals surface area contributed by atoms with Crippen LogP contribution in [-0.2, 0) is 4.79 Å². The van der Waals surface area contributed by atoms with Crippen molar-refractivity contribution in [3.05, 3.63) is 40.4 Å². The second-order valence-corrected chi connectivity index (χ2v) is 5.90. The third-order valence-electron chi connectivity index (χ3n) is 3.47. The van der Waals surface area contributed by atoms with Crippen molar-refractivity contribution in [1.29, 1.82) is 0 Å². The van der Waals surface area contributed by atoms with Crippen molar-refractivity contribution in [2.45, 2.75) is 32.1 Å². The Hall–Kier alpha value is -1.29. The minimum atomic E-state index is 0.0390. The quantitative estimate of drug-likeness (QED) is 0.774. The first-order valence-electron chi connectivity index (χ1n) is 7.19. The average molecular weight is 337 g/mol. The predicted molar refractivity (Wildman–Crippen MR) is 86.8 cm³/mol. The number of para-hydroxylation sites is 1. The Morgan fingerprint density at radius 1 is 1.25 bits per heavy atom. The molecule has 0 fully saturated rings. The van der Waals surface area contributed by atoms with Crippen molar-refractivity contribution in [2.24, 2.45) is 0 Å². The molecule has 0 unspecified atom stereocenters. The van der Waals surface area contributed by atoms with Crippen molar-refractivity contribution < 1.29 is 4.79 Å². The second kappa shape index (κ2) is 8.10. The Labute approximate surface area is 129 Å². The molecule has 0 saturated carbocycles. The molecule has 0 aliphatic heterocycles. The largest absolute Gasteiger partial charge is 0.375 e. The summed E-state index contributed by atoms with van der Waals surface area (Å²) in [4.78, 5) is 11.8. The third kappa shape index (κ3) is 5.00. The van der Waals surface area contributed by atoms with Crippen LogP contribution < -0.4 is 10.6 Å². The topological polar surface area (TPSA) is 41.1 Å². The van der Waals surface area contributed by atoms with Crippen LogP contribution in [0.5, 0.6) is 0 Å². The highest BCUT2D eigenvalue weighted by molar-refractivity contribution is 9.10. The highest BCUT2D eigenvalue weighted by Gasteiger charge is 2.05. The zero-order chi connectivity index (χ0) is 14.2. The fourth-order valence-corrected chi connectivity index (χ4v) is 2.76. The van der Waals surface area contributed by atoms with Gasteiger partial charge in [-0.15, -0.1) is 0 Å². The van der Waals surface area contributed by atoms with Gasteiger partial charge in [-0.1, -0.05) is 23.8 Å². The van der Waals surface area contributed by atoms with Crippen LogP contribution >= 0.6 is 15.9 Å². The number of hydrogen-bond acceptors (Lipinski definition) is 2. The number of nitrogens with one attached hydrogen (secondary N) is 2. The van der Waals surface area contributed by atoms with Gasteiger partial charge < -0.3 is 10.6 Å². The van der Waals surface area contributed by atoms with E-state index in [0.29, 0.717) is 6.54 Å². The predicted octanol–water partition coefficient (Wildman–Crippen LogP) is 3.87. The Bertz CT molecular complexity index is 485. The Kier molecular flexibility index (Phi) is 6.12. The van der Waals surface area contributed by atoms with E-state index in [4.69, 9.17) is 0 Å². The van der Waals surface area contributed by atoms with Gasteiger partial charge in [0.1, 0.15) is 0 Å². The lowest BCUT2D eigenvalue weighted by Gasteiger charge is -2.13. The van der Waals surface area contributed by atoms with E-state index < -0.39 is 0 Å². The lowest BCUT2D eigenvalue weighted by atomic mass is 9.97. The molecule has 1 aliphatic rings. The summed E-state index contributed by atoms with van der Waals surface area (Å²) in [6, 6.07) is 7.80. The molecule has 1 aliphatic carbocycles. The van der Waals surface area contributed by atoms with Crippen LogP contribution in [0.1, 0.15) is 32.1 Å². The SMILES string of the molecule is O=C(CNc1ccccc1Br)NCCC1=CCCCC1. The van der Waals surface area contributed by atoms with E-state index in [0.717, 1.165) is 23.1 Å². The van der Waals surface area contributed by atoms with Crippen molar-refractivity contribution in [1.82, 2.24) is 5.32 Å². The Morgan fingerprint density at radius 3 is 2.85 bits per heavy atom. The summed E-state index contributed by atoms with van der Waals surface area (Å²) in [6.45, 7) is 1.05. The van der Waals surface area contributed by atoms with Gasteiger partial charge in [-0.3, -0.25) is 4.79 Å². The van der Waals surface area contributed by atoms with E-state index in [9.17, 15) is 4.79 Å². The van der Waals surface area contributed by atoms with Gasteiger partial charge in [0.15, 0.2) is 0 Å². The third-order valence-corrected chi connectivity index (χ3v) is 4.16. The Balaban J connectivity index is 1.65. The molecule has 0 radical (unpaired) electrons. The summed E-state index contributed by atoms with van der Waals surface area (Å²) in [5.41, 5.74) is 2.44. The molecule has 0 atom stereocenters. The molecule has 0 spiro atoms. The number of carbonyl (C=O) groups excluding carboxylic acids is 1. The molecule has 4 heteroatoms. The summed E-state index contributed by atoms with van der Waals surface area (Å²) in [5, 5.41) is 6.09. The zero-order valence-electron chi connectivity index (χ0n) is 11.6. The molecule has 108 valence electrons. The standard InChI is InChI=1S/C16H21BrN2O/c17-14-8-4-5-9-15(14)19-12-16(20)18-11-10-13-6-2-1-3-7-13/h4-6,8-9,19H,1-3,7,10-12H2,(H,18,20). The molecule has 1 aromatic rings. The van der Waals surface area contributed by atoms with Crippen LogP contribution in [0.15, 0.2) is 40.4 Å². The number of benzene rings is 1. The van der Waals surface area contributed by atoms with Crippen LogP contribution in [0.4, 0.5) is 5.69 Å². The molecule has 0 saturated heterocycles. The summed E-state index contributed by atoms with van der Waals surface area (Å²) in [6.07, 6.45) is 8.32. The van der Waals surface area contributed by atoms with Crippen molar-refractivity contribution in [2.75, 3.05) is 18.4 Å². The molecule has 3 nitrogen and oxygen atoms in total. The van der Waals surface area contributed by atoms with Crippen LogP contribution in [0.3, 0.4) is 0 Å². The monoisotopic (exact) mass is 336 g/mol. The number of carbonyl (C=O) groups is 1. The fraction of sp³-hybridized carbons (Fsp3) is 0.438.